The molecule has 1 aliphatic rings. The number of phenols is 1. The second kappa shape index (κ2) is 10.1. The number of phenolic OH excluding ortho intramolecular Hbond substituents is 1. The fraction of sp³-hybridized carbons (Fsp3) is 0.143. The summed E-state index contributed by atoms with van der Waals surface area (Å²) in [6.07, 6.45) is 3.56. The monoisotopic (exact) mass is 501 g/mol. The summed E-state index contributed by atoms with van der Waals surface area (Å²) in [7, 11) is 0. The van der Waals surface area contributed by atoms with E-state index in [-0.39, 0.29) is 29.0 Å². The molecule has 5 rings (SSSR count). The molecule has 35 heavy (non-hydrogen) atoms. The molecule has 3 atom stereocenters. The van der Waals surface area contributed by atoms with E-state index in [2.05, 4.69) is 4.98 Å². The van der Waals surface area contributed by atoms with E-state index in [9.17, 15) is 9.90 Å². The topological polar surface area (TPSA) is 79.5 Å². The van der Waals surface area contributed by atoms with E-state index in [0.29, 0.717) is 10.8 Å². The third kappa shape index (κ3) is 4.91. The molecule has 0 spiro atoms. The van der Waals surface area contributed by atoms with Crippen molar-refractivity contribution in [1.82, 2.24) is 4.98 Å². The molecule has 0 bridgehead atoms. The Labute approximate surface area is 213 Å². The Morgan fingerprint density at radius 3 is 2.34 bits per heavy atom. The number of anilines is 1. The van der Waals surface area contributed by atoms with Gasteiger partial charge in [0.1, 0.15) is 11.0 Å². The molecule has 5 nitrogen and oxygen atoms in total. The first-order valence-electron chi connectivity index (χ1n) is 11.3. The molecule has 0 saturated carbocycles. The van der Waals surface area contributed by atoms with Crippen LogP contribution in [0.15, 0.2) is 97.3 Å². The van der Waals surface area contributed by atoms with Crippen LogP contribution in [0.5, 0.6) is 5.75 Å². The number of amides is 1. The SMILES string of the molecule is N[C@H](CS[C@H]1C(=O)N(c2ccc(-c3cccnc3)cc2)[C@@H]1c1ccc(O)cc1)c1ccc(Cl)cc1. The highest BCUT2D eigenvalue weighted by atomic mass is 35.5. The second-order valence-corrected chi connectivity index (χ2v) is 10.1. The summed E-state index contributed by atoms with van der Waals surface area (Å²) in [6.45, 7) is 0. The Morgan fingerprint density at radius 1 is 0.971 bits per heavy atom. The average Bonchev–Trinajstić information content (AvgIpc) is 2.89. The summed E-state index contributed by atoms with van der Waals surface area (Å²) in [4.78, 5) is 19.4. The number of nitrogens with two attached hydrogens (primary N) is 1. The zero-order valence-corrected chi connectivity index (χ0v) is 20.4. The van der Waals surface area contributed by atoms with Gasteiger partial charge in [0.25, 0.3) is 0 Å². The van der Waals surface area contributed by atoms with Crippen molar-refractivity contribution in [2.75, 3.05) is 10.7 Å². The van der Waals surface area contributed by atoms with Crippen molar-refractivity contribution < 1.29 is 9.90 Å². The van der Waals surface area contributed by atoms with E-state index < -0.39 is 0 Å². The van der Waals surface area contributed by atoms with Crippen molar-refractivity contribution in [3.63, 3.8) is 0 Å². The minimum absolute atomic E-state index is 0.0468. The van der Waals surface area contributed by atoms with Crippen molar-refractivity contribution in [2.45, 2.75) is 17.3 Å². The van der Waals surface area contributed by atoms with Crippen LogP contribution in [0.25, 0.3) is 11.1 Å². The van der Waals surface area contributed by atoms with E-state index in [1.54, 1.807) is 30.1 Å². The number of aromatic nitrogens is 1. The third-order valence-electron chi connectivity index (χ3n) is 6.17. The van der Waals surface area contributed by atoms with Gasteiger partial charge in [0.2, 0.25) is 5.91 Å². The Kier molecular flexibility index (Phi) is 6.77. The fourth-order valence-electron chi connectivity index (χ4n) is 4.27. The summed E-state index contributed by atoms with van der Waals surface area (Å²) in [5.74, 6) is 0.840. The highest BCUT2D eigenvalue weighted by Crippen LogP contribution is 2.46. The number of hydrogen-bond acceptors (Lipinski definition) is 5. The molecular weight excluding hydrogens is 478 g/mol. The van der Waals surface area contributed by atoms with Crippen LogP contribution < -0.4 is 10.6 Å². The van der Waals surface area contributed by atoms with E-state index in [0.717, 1.165) is 27.9 Å². The van der Waals surface area contributed by atoms with Gasteiger partial charge in [0, 0.05) is 34.9 Å². The number of nitrogens with zero attached hydrogens (tertiary/aromatic N) is 2. The van der Waals surface area contributed by atoms with Gasteiger partial charge in [0.05, 0.1) is 6.04 Å². The third-order valence-corrected chi connectivity index (χ3v) is 7.80. The average molecular weight is 502 g/mol. The maximum atomic E-state index is 13.3. The van der Waals surface area contributed by atoms with E-state index in [4.69, 9.17) is 17.3 Å². The smallest absolute Gasteiger partial charge is 0.243 e. The molecular formula is C28H24ClN3O2S. The lowest BCUT2D eigenvalue weighted by Gasteiger charge is -2.47. The first-order valence-corrected chi connectivity index (χ1v) is 12.7. The van der Waals surface area contributed by atoms with Crippen LogP contribution in [0.3, 0.4) is 0 Å². The van der Waals surface area contributed by atoms with Crippen LogP contribution in [0.2, 0.25) is 5.02 Å². The summed E-state index contributed by atoms with van der Waals surface area (Å²) in [6, 6.07) is 26.0. The molecule has 1 aliphatic heterocycles. The van der Waals surface area contributed by atoms with Gasteiger partial charge in [-0.2, -0.15) is 0 Å². The summed E-state index contributed by atoms with van der Waals surface area (Å²) >= 11 is 7.56. The lowest BCUT2D eigenvalue weighted by molar-refractivity contribution is -0.123. The van der Waals surface area contributed by atoms with Crippen LogP contribution in [-0.4, -0.2) is 27.0 Å². The fourth-order valence-corrected chi connectivity index (χ4v) is 5.72. The molecule has 0 aliphatic carbocycles. The number of benzene rings is 3. The van der Waals surface area contributed by atoms with E-state index in [1.807, 2.05) is 83.9 Å². The van der Waals surface area contributed by atoms with Crippen LogP contribution in [0.4, 0.5) is 5.69 Å². The number of carbonyl (C=O) groups excluding carboxylic acids is 1. The Bertz CT molecular complexity index is 1300. The summed E-state index contributed by atoms with van der Waals surface area (Å²) in [5, 5.41) is 10.2. The van der Waals surface area contributed by atoms with Gasteiger partial charge < -0.3 is 15.7 Å². The summed E-state index contributed by atoms with van der Waals surface area (Å²) < 4.78 is 0. The van der Waals surface area contributed by atoms with Gasteiger partial charge in [0.15, 0.2) is 0 Å². The predicted molar refractivity (Wildman–Crippen MR) is 143 cm³/mol. The van der Waals surface area contributed by atoms with Crippen LogP contribution in [0, 0.1) is 0 Å². The number of thioether (sulfide) groups is 1. The number of aromatic hydroxyl groups is 1. The number of pyridine rings is 1. The first-order chi connectivity index (χ1) is 17.0. The number of β-lactam (4-membered cyclic amide) rings is 1. The zero-order valence-electron chi connectivity index (χ0n) is 18.8. The maximum absolute atomic E-state index is 13.3. The lowest BCUT2D eigenvalue weighted by Crippen LogP contribution is -2.57. The number of hydrogen-bond donors (Lipinski definition) is 2. The Hall–Kier alpha value is -3.32. The number of rotatable bonds is 7. The minimum atomic E-state index is -0.268. The van der Waals surface area contributed by atoms with Crippen molar-refractivity contribution in [3.8, 4) is 16.9 Å². The molecule has 3 aromatic carbocycles. The first kappa shape index (κ1) is 23.4. The second-order valence-electron chi connectivity index (χ2n) is 8.45. The molecule has 7 heteroatoms. The van der Waals surface area contributed by atoms with Gasteiger partial charge >= 0.3 is 0 Å². The van der Waals surface area contributed by atoms with E-state index in [1.165, 1.54) is 0 Å². The molecule has 2 heterocycles. The zero-order chi connectivity index (χ0) is 24.4. The molecule has 4 aromatic rings. The van der Waals surface area contributed by atoms with Crippen LogP contribution in [0.1, 0.15) is 23.2 Å². The highest BCUT2D eigenvalue weighted by Gasteiger charge is 2.49. The highest BCUT2D eigenvalue weighted by molar-refractivity contribution is 8.00. The quantitative estimate of drug-likeness (QED) is 0.304. The molecule has 0 radical (unpaired) electrons. The van der Waals surface area contributed by atoms with Gasteiger partial charge in [-0.3, -0.25) is 9.78 Å². The number of halogens is 1. The Morgan fingerprint density at radius 2 is 1.69 bits per heavy atom. The Balaban J connectivity index is 1.37. The van der Waals surface area contributed by atoms with Crippen LogP contribution in [-0.2, 0) is 4.79 Å². The van der Waals surface area contributed by atoms with Crippen molar-refractivity contribution in [3.05, 3.63) is 113 Å². The van der Waals surface area contributed by atoms with E-state index >= 15 is 0 Å². The molecule has 1 amide bonds. The molecule has 3 N–H and O–H groups in total. The molecule has 1 saturated heterocycles. The predicted octanol–water partition coefficient (Wildman–Crippen LogP) is 6.00. The summed E-state index contributed by atoms with van der Waals surface area (Å²) in [5.41, 5.74) is 11.3. The van der Waals surface area contributed by atoms with Crippen molar-refractivity contribution in [2.24, 2.45) is 5.73 Å². The van der Waals surface area contributed by atoms with Crippen molar-refractivity contribution in [1.29, 1.82) is 0 Å². The molecule has 0 unspecified atom stereocenters. The van der Waals surface area contributed by atoms with Gasteiger partial charge in [-0.05, 0) is 64.7 Å². The van der Waals surface area contributed by atoms with Gasteiger partial charge in [-0.25, -0.2) is 0 Å². The van der Waals surface area contributed by atoms with Crippen molar-refractivity contribution >= 4 is 35.0 Å². The van der Waals surface area contributed by atoms with Crippen LogP contribution >= 0.6 is 23.4 Å². The largest absolute Gasteiger partial charge is 0.508 e. The molecule has 176 valence electrons. The molecule has 1 aromatic heterocycles. The van der Waals surface area contributed by atoms with Gasteiger partial charge in [-0.1, -0.05) is 54.1 Å². The van der Waals surface area contributed by atoms with Gasteiger partial charge in [-0.15, -0.1) is 11.8 Å². The normalized spacial score (nSPS) is 18.2. The lowest BCUT2D eigenvalue weighted by atomic mass is 9.92. The maximum Gasteiger partial charge on any atom is 0.243 e. The molecule has 1 fully saturated rings. The standard InChI is InChI=1S/C28H24ClN3O2S/c29-22-9-3-19(4-10-22)25(30)17-35-27-26(20-7-13-24(33)14-8-20)32(28(27)34)23-11-5-18(6-12-23)21-2-1-15-31-16-21/h1-16,25-27,33H,17,30H2/t25-,26-,27-/m1/s1. The number of carbonyl (C=O) groups is 1. The minimum Gasteiger partial charge on any atom is -0.508 e.